The largest absolute Gasteiger partial charge is 0.467 e. The van der Waals surface area contributed by atoms with Gasteiger partial charge in [-0.25, -0.2) is 4.79 Å². The fourth-order valence-electron chi connectivity index (χ4n) is 2.76. The van der Waals surface area contributed by atoms with Gasteiger partial charge in [-0.2, -0.15) is 0 Å². The van der Waals surface area contributed by atoms with Crippen LogP contribution in [0.3, 0.4) is 0 Å². The molecule has 0 aromatic heterocycles. The van der Waals surface area contributed by atoms with Gasteiger partial charge in [0, 0.05) is 19.8 Å². The summed E-state index contributed by atoms with van der Waals surface area (Å²) in [5, 5.41) is 5.36. The molecule has 2 unspecified atom stereocenters. The lowest BCUT2D eigenvalue weighted by molar-refractivity contribution is -0.145. The van der Waals surface area contributed by atoms with E-state index in [1.165, 1.54) is 14.0 Å². The van der Waals surface area contributed by atoms with E-state index < -0.39 is 24.0 Å². The summed E-state index contributed by atoms with van der Waals surface area (Å²) in [5.74, 6) is -1.28. The van der Waals surface area contributed by atoms with Crippen LogP contribution in [0, 0.1) is 0 Å². The number of rotatable bonds is 8. The van der Waals surface area contributed by atoms with Gasteiger partial charge in [0.1, 0.15) is 12.1 Å². The molecule has 0 radical (unpaired) electrons. The van der Waals surface area contributed by atoms with Crippen LogP contribution in [0.5, 0.6) is 0 Å². The molecule has 0 bridgehead atoms. The number of carbonyl (C=O) groups excluding carboxylic acids is 3. The molecule has 6 heteroatoms. The molecule has 2 aromatic rings. The van der Waals surface area contributed by atoms with Crippen LogP contribution in [0.2, 0.25) is 0 Å². The summed E-state index contributed by atoms with van der Waals surface area (Å²) < 4.78 is 4.82. The average molecular weight is 368 g/mol. The molecule has 142 valence electrons. The summed E-state index contributed by atoms with van der Waals surface area (Å²) in [5.41, 5.74) is 1.80. The fourth-order valence-corrected chi connectivity index (χ4v) is 2.76. The Labute approximate surface area is 158 Å². The third-order valence-corrected chi connectivity index (χ3v) is 4.06. The smallest absolute Gasteiger partial charge is 0.328 e. The molecular formula is C21H24N2O4. The molecule has 6 nitrogen and oxygen atoms in total. The summed E-state index contributed by atoms with van der Waals surface area (Å²) >= 11 is 0. The normalized spacial score (nSPS) is 12.5. The number of hydrogen-bond acceptors (Lipinski definition) is 4. The summed E-state index contributed by atoms with van der Waals surface area (Å²) in [7, 11) is 1.28. The third-order valence-electron chi connectivity index (χ3n) is 4.06. The Hall–Kier alpha value is -3.15. The Balaban J connectivity index is 2.13. The maximum absolute atomic E-state index is 12.8. The van der Waals surface area contributed by atoms with E-state index in [1.54, 1.807) is 0 Å². The van der Waals surface area contributed by atoms with Crippen molar-refractivity contribution in [3.05, 3.63) is 71.8 Å². The van der Waals surface area contributed by atoms with Crippen molar-refractivity contribution in [2.24, 2.45) is 0 Å². The van der Waals surface area contributed by atoms with Gasteiger partial charge in [0.15, 0.2) is 0 Å². The van der Waals surface area contributed by atoms with Gasteiger partial charge in [-0.3, -0.25) is 9.59 Å². The number of nitrogens with one attached hydrogen (secondary N) is 2. The minimum Gasteiger partial charge on any atom is -0.467 e. The standard InChI is InChI=1S/C21H24N2O4/c1-15(24)22-18(13-16-9-5-3-6-10-16)20(25)23-19(21(26)27-2)14-17-11-7-4-8-12-17/h3-12,18-19H,13-14H2,1-2H3,(H,22,24)(H,23,25). The van der Waals surface area contributed by atoms with E-state index in [9.17, 15) is 14.4 Å². The zero-order valence-electron chi connectivity index (χ0n) is 15.5. The Kier molecular flexibility index (Phi) is 7.55. The molecule has 0 aliphatic carbocycles. The minimum atomic E-state index is -0.836. The number of esters is 1. The maximum atomic E-state index is 12.8. The van der Waals surface area contributed by atoms with Gasteiger partial charge in [-0.05, 0) is 11.1 Å². The van der Waals surface area contributed by atoms with E-state index in [0.29, 0.717) is 12.8 Å². The number of hydrogen-bond donors (Lipinski definition) is 2. The Morgan fingerprint density at radius 2 is 1.30 bits per heavy atom. The lowest BCUT2D eigenvalue weighted by atomic mass is 10.0. The van der Waals surface area contributed by atoms with E-state index in [1.807, 2.05) is 60.7 Å². The summed E-state index contributed by atoms with van der Waals surface area (Å²) in [6.45, 7) is 1.35. The molecule has 0 heterocycles. The van der Waals surface area contributed by atoms with Gasteiger partial charge < -0.3 is 15.4 Å². The highest BCUT2D eigenvalue weighted by molar-refractivity contribution is 5.90. The quantitative estimate of drug-likeness (QED) is 0.694. The molecule has 0 fully saturated rings. The zero-order chi connectivity index (χ0) is 19.6. The fraction of sp³-hybridized carbons (Fsp3) is 0.286. The van der Waals surface area contributed by atoms with Gasteiger partial charge >= 0.3 is 5.97 Å². The highest BCUT2D eigenvalue weighted by Crippen LogP contribution is 2.07. The average Bonchev–Trinajstić information content (AvgIpc) is 2.67. The van der Waals surface area contributed by atoms with Gasteiger partial charge in [-0.1, -0.05) is 60.7 Å². The number of methoxy groups -OCH3 is 1. The summed E-state index contributed by atoms with van der Waals surface area (Å²) in [4.78, 5) is 36.4. The lowest BCUT2D eigenvalue weighted by Crippen LogP contribution is -2.53. The molecule has 0 aliphatic heterocycles. The van der Waals surface area contributed by atoms with Crippen molar-refractivity contribution >= 4 is 17.8 Å². The van der Waals surface area contributed by atoms with Crippen molar-refractivity contribution in [3.63, 3.8) is 0 Å². The van der Waals surface area contributed by atoms with Gasteiger partial charge in [0.05, 0.1) is 7.11 Å². The number of amides is 2. The molecule has 27 heavy (non-hydrogen) atoms. The molecule has 0 saturated heterocycles. The van der Waals surface area contributed by atoms with E-state index in [2.05, 4.69) is 10.6 Å². The van der Waals surface area contributed by atoms with Crippen molar-refractivity contribution in [1.82, 2.24) is 10.6 Å². The molecule has 2 atom stereocenters. The van der Waals surface area contributed by atoms with Crippen LogP contribution in [0.4, 0.5) is 0 Å². The van der Waals surface area contributed by atoms with Crippen LogP contribution >= 0.6 is 0 Å². The van der Waals surface area contributed by atoms with E-state index in [0.717, 1.165) is 11.1 Å². The van der Waals surface area contributed by atoms with Gasteiger partial charge in [0.25, 0.3) is 0 Å². The highest BCUT2D eigenvalue weighted by Gasteiger charge is 2.27. The molecule has 2 N–H and O–H groups in total. The predicted octanol–water partition coefficient (Wildman–Crippen LogP) is 1.63. The number of ether oxygens (including phenoxy) is 1. The Bertz CT molecular complexity index is 762. The summed E-state index contributed by atoms with van der Waals surface area (Å²) in [6.07, 6.45) is 0.628. The second kappa shape index (κ2) is 10.1. The van der Waals surface area contributed by atoms with E-state index in [-0.39, 0.29) is 5.91 Å². The van der Waals surface area contributed by atoms with Crippen LogP contribution in [0.1, 0.15) is 18.1 Å². The van der Waals surface area contributed by atoms with Crippen LogP contribution < -0.4 is 10.6 Å². The minimum absolute atomic E-state index is 0.303. The van der Waals surface area contributed by atoms with Crippen molar-refractivity contribution in [2.75, 3.05) is 7.11 Å². The first-order valence-electron chi connectivity index (χ1n) is 8.72. The second-order valence-corrected chi connectivity index (χ2v) is 6.22. The second-order valence-electron chi connectivity index (χ2n) is 6.22. The van der Waals surface area contributed by atoms with Crippen LogP contribution in [-0.4, -0.2) is 37.0 Å². The van der Waals surface area contributed by atoms with E-state index >= 15 is 0 Å². The van der Waals surface area contributed by atoms with Crippen molar-refractivity contribution in [3.8, 4) is 0 Å². The lowest BCUT2D eigenvalue weighted by Gasteiger charge is -2.22. The number of carbonyl (C=O) groups is 3. The zero-order valence-corrected chi connectivity index (χ0v) is 15.5. The molecular weight excluding hydrogens is 344 g/mol. The molecule has 0 aliphatic rings. The molecule has 2 amide bonds. The van der Waals surface area contributed by atoms with Crippen LogP contribution in [-0.2, 0) is 32.0 Å². The van der Waals surface area contributed by atoms with Gasteiger partial charge in [-0.15, -0.1) is 0 Å². The molecule has 2 rings (SSSR count). The molecule has 0 spiro atoms. The van der Waals surface area contributed by atoms with Crippen LogP contribution in [0.15, 0.2) is 60.7 Å². The predicted molar refractivity (Wildman–Crippen MR) is 102 cm³/mol. The van der Waals surface area contributed by atoms with Crippen LogP contribution in [0.25, 0.3) is 0 Å². The highest BCUT2D eigenvalue weighted by atomic mass is 16.5. The first-order chi connectivity index (χ1) is 13.0. The first-order valence-corrected chi connectivity index (χ1v) is 8.72. The summed E-state index contributed by atoms with van der Waals surface area (Å²) in [6, 6.07) is 17.1. The molecule has 0 saturated carbocycles. The third kappa shape index (κ3) is 6.58. The topological polar surface area (TPSA) is 84.5 Å². The Morgan fingerprint density at radius 3 is 1.74 bits per heavy atom. The number of benzene rings is 2. The maximum Gasteiger partial charge on any atom is 0.328 e. The monoisotopic (exact) mass is 368 g/mol. The van der Waals surface area contributed by atoms with Crippen molar-refractivity contribution in [2.45, 2.75) is 31.8 Å². The molecule has 2 aromatic carbocycles. The SMILES string of the molecule is COC(=O)C(Cc1ccccc1)NC(=O)C(Cc1ccccc1)NC(C)=O. The first kappa shape index (κ1) is 20.2. The Morgan fingerprint density at radius 1 is 0.815 bits per heavy atom. The van der Waals surface area contributed by atoms with E-state index in [4.69, 9.17) is 4.74 Å². The van der Waals surface area contributed by atoms with Crippen molar-refractivity contribution in [1.29, 1.82) is 0 Å². The van der Waals surface area contributed by atoms with Gasteiger partial charge in [0.2, 0.25) is 11.8 Å². The van der Waals surface area contributed by atoms with Crippen molar-refractivity contribution < 1.29 is 19.1 Å².